The van der Waals surface area contributed by atoms with E-state index >= 15 is 0 Å². The quantitative estimate of drug-likeness (QED) is 0.867. The average Bonchev–Trinajstić information content (AvgIpc) is 3.06. The highest BCUT2D eigenvalue weighted by atomic mass is 16.5. The predicted molar refractivity (Wildman–Crippen MR) is 67.0 cm³/mol. The highest BCUT2D eigenvalue weighted by molar-refractivity contribution is 5.47. The lowest BCUT2D eigenvalue weighted by molar-refractivity contribution is 0.376. The Morgan fingerprint density at radius 2 is 2.22 bits per heavy atom. The van der Waals surface area contributed by atoms with Gasteiger partial charge in [-0.25, -0.2) is 4.98 Å². The predicted octanol–water partition coefficient (Wildman–Crippen LogP) is 1.73. The number of pyridine rings is 1. The van der Waals surface area contributed by atoms with Crippen LogP contribution in [0.15, 0.2) is 22.7 Å². The van der Waals surface area contributed by atoms with Gasteiger partial charge in [0.15, 0.2) is 0 Å². The molecule has 1 N–H and O–H groups in total. The highest BCUT2D eigenvalue weighted by Gasteiger charge is 2.20. The SMILES string of the molecule is Cc1cccc(-c2noc(CCNC3CC3)n2)n1. The van der Waals surface area contributed by atoms with Crippen LogP contribution in [0.3, 0.4) is 0 Å². The van der Waals surface area contributed by atoms with Crippen LogP contribution in [0.4, 0.5) is 0 Å². The molecule has 1 fully saturated rings. The summed E-state index contributed by atoms with van der Waals surface area (Å²) in [6, 6.07) is 6.50. The highest BCUT2D eigenvalue weighted by Crippen LogP contribution is 2.18. The van der Waals surface area contributed by atoms with E-state index in [0.29, 0.717) is 17.8 Å². The number of nitrogens with one attached hydrogen (secondary N) is 1. The number of rotatable bonds is 5. The third-order valence-electron chi connectivity index (χ3n) is 2.93. The van der Waals surface area contributed by atoms with Crippen LogP contribution in [0.2, 0.25) is 0 Å². The van der Waals surface area contributed by atoms with Crippen molar-refractivity contribution in [2.45, 2.75) is 32.2 Å². The maximum atomic E-state index is 5.22. The van der Waals surface area contributed by atoms with E-state index in [1.165, 1.54) is 12.8 Å². The molecule has 1 aliphatic carbocycles. The molecule has 0 saturated heterocycles. The van der Waals surface area contributed by atoms with Crippen LogP contribution in [-0.2, 0) is 6.42 Å². The molecule has 0 bridgehead atoms. The first-order chi connectivity index (χ1) is 8.81. The zero-order chi connectivity index (χ0) is 12.4. The molecular weight excluding hydrogens is 228 g/mol. The third kappa shape index (κ3) is 2.73. The second-order valence-electron chi connectivity index (χ2n) is 4.65. The lowest BCUT2D eigenvalue weighted by Crippen LogP contribution is -2.19. The summed E-state index contributed by atoms with van der Waals surface area (Å²) >= 11 is 0. The molecule has 0 spiro atoms. The van der Waals surface area contributed by atoms with E-state index in [4.69, 9.17) is 4.52 Å². The van der Waals surface area contributed by atoms with E-state index in [1.807, 2.05) is 25.1 Å². The van der Waals surface area contributed by atoms with Crippen LogP contribution in [0.1, 0.15) is 24.4 Å². The zero-order valence-electron chi connectivity index (χ0n) is 10.4. The van der Waals surface area contributed by atoms with Crippen LogP contribution in [0, 0.1) is 6.92 Å². The van der Waals surface area contributed by atoms with Crippen molar-refractivity contribution in [1.82, 2.24) is 20.4 Å². The van der Waals surface area contributed by atoms with Crippen molar-refractivity contribution in [2.24, 2.45) is 0 Å². The van der Waals surface area contributed by atoms with Gasteiger partial charge in [0.2, 0.25) is 11.7 Å². The van der Waals surface area contributed by atoms with E-state index in [0.717, 1.165) is 24.4 Å². The molecule has 1 saturated carbocycles. The van der Waals surface area contributed by atoms with Crippen LogP contribution >= 0.6 is 0 Å². The van der Waals surface area contributed by atoms with Crippen molar-refractivity contribution in [2.75, 3.05) is 6.54 Å². The number of aromatic nitrogens is 3. The van der Waals surface area contributed by atoms with Gasteiger partial charge in [-0.2, -0.15) is 4.98 Å². The first-order valence-corrected chi connectivity index (χ1v) is 6.31. The van der Waals surface area contributed by atoms with Gasteiger partial charge in [0.05, 0.1) is 0 Å². The molecule has 0 radical (unpaired) electrons. The lowest BCUT2D eigenvalue weighted by Gasteiger charge is -1.97. The molecule has 1 aliphatic rings. The van der Waals surface area contributed by atoms with Gasteiger partial charge in [-0.15, -0.1) is 0 Å². The van der Waals surface area contributed by atoms with Gasteiger partial charge in [-0.1, -0.05) is 11.2 Å². The Labute approximate surface area is 106 Å². The fraction of sp³-hybridized carbons (Fsp3) is 0.462. The van der Waals surface area contributed by atoms with E-state index in [1.54, 1.807) is 0 Å². The van der Waals surface area contributed by atoms with E-state index in [-0.39, 0.29) is 0 Å². The monoisotopic (exact) mass is 244 g/mol. The standard InChI is InChI=1S/C13H16N4O/c1-9-3-2-4-11(15-9)13-16-12(18-17-13)7-8-14-10-5-6-10/h2-4,10,14H,5-8H2,1H3. The molecule has 0 amide bonds. The summed E-state index contributed by atoms with van der Waals surface area (Å²) in [5.41, 5.74) is 1.72. The van der Waals surface area contributed by atoms with Crippen LogP contribution in [0.5, 0.6) is 0 Å². The molecular formula is C13H16N4O. The number of hydrogen-bond donors (Lipinski definition) is 1. The van der Waals surface area contributed by atoms with Crippen molar-refractivity contribution in [1.29, 1.82) is 0 Å². The molecule has 0 atom stereocenters. The Hall–Kier alpha value is -1.75. The van der Waals surface area contributed by atoms with Crippen molar-refractivity contribution in [3.05, 3.63) is 29.8 Å². The molecule has 18 heavy (non-hydrogen) atoms. The minimum atomic E-state index is 0.570. The first-order valence-electron chi connectivity index (χ1n) is 6.31. The lowest BCUT2D eigenvalue weighted by atomic mass is 10.3. The summed E-state index contributed by atoms with van der Waals surface area (Å²) in [7, 11) is 0. The summed E-state index contributed by atoms with van der Waals surface area (Å²) in [5.74, 6) is 1.24. The molecule has 94 valence electrons. The van der Waals surface area contributed by atoms with Gasteiger partial charge >= 0.3 is 0 Å². The summed E-state index contributed by atoms with van der Waals surface area (Å²) in [5, 5.41) is 7.38. The van der Waals surface area contributed by atoms with E-state index in [2.05, 4.69) is 20.4 Å². The Balaban J connectivity index is 1.64. The molecule has 0 unspecified atom stereocenters. The average molecular weight is 244 g/mol. The second-order valence-corrected chi connectivity index (χ2v) is 4.65. The van der Waals surface area contributed by atoms with Gasteiger partial charge in [-0.05, 0) is 31.9 Å². The maximum Gasteiger partial charge on any atom is 0.228 e. The molecule has 0 aliphatic heterocycles. The summed E-state index contributed by atoms with van der Waals surface area (Å²) in [4.78, 5) is 8.73. The van der Waals surface area contributed by atoms with Gasteiger partial charge in [0, 0.05) is 24.7 Å². The normalized spacial score (nSPS) is 14.9. The van der Waals surface area contributed by atoms with E-state index in [9.17, 15) is 0 Å². The molecule has 2 aromatic heterocycles. The molecule has 2 aromatic rings. The maximum absolute atomic E-state index is 5.22. The van der Waals surface area contributed by atoms with E-state index < -0.39 is 0 Å². The smallest absolute Gasteiger partial charge is 0.228 e. The molecule has 3 rings (SSSR count). The van der Waals surface area contributed by atoms with Crippen molar-refractivity contribution >= 4 is 0 Å². The molecule has 0 aromatic carbocycles. The fourth-order valence-corrected chi connectivity index (χ4v) is 1.80. The third-order valence-corrected chi connectivity index (χ3v) is 2.93. The van der Waals surface area contributed by atoms with Crippen molar-refractivity contribution in [3.8, 4) is 11.5 Å². The topological polar surface area (TPSA) is 63.8 Å². The fourth-order valence-electron chi connectivity index (χ4n) is 1.80. The van der Waals surface area contributed by atoms with Gasteiger partial charge < -0.3 is 9.84 Å². The Morgan fingerprint density at radius 1 is 1.33 bits per heavy atom. The Kier molecular flexibility index (Phi) is 3.06. The zero-order valence-corrected chi connectivity index (χ0v) is 10.4. The molecule has 2 heterocycles. The molecule has 5 heteroatoms. The molecule has 5 nitrogen and oxygen atoms in total. The Bertz CT molecular complexity index is 533. The van der Waals surface area contributed by atoms with Gasteiger partial charge in [0.1, 0.15) is 5.69 Å². The first kappa shape index (κ1) is 11.3. The number of hydrogen-bond acceptors (Lipinski definition) is 5. The second kappa shape index (κ2) is 4.86. The largest absolute Gasteiger partial charge is 0.339 e. The number of aryl methyl sites for hydroxylation is 1. The minimum absolute atomic E-state index is 0.570. The minimum Gasteiger partial charge on any atom is -0.339 e. The summed E-state index contributed by atoms with van der Waals surface area (Å²) < 4.78 is 5.22. The van der Waals surface area contributed by atoms with Crippen LogP contribution in [-0.4, -0.2) is 27.7 Å². The summed E-state index contributed by atoms with van der Waals surface area (Å²) in [6.07, 6.45) is 3.36. The van der Waals surface area contributed by atoms with Gasteiger partial charge in [0.25, 0.3) is 0 Å². The van der Waals surface area contributed by atoms with Crippen LogP contribution < -0.4 is 5.32 Å². The Morgan fingerprint density at radius 3 is 3.00 bits per heavy atom. The van der Waals surface area contributed by atoms with Crippen molar-refractivity contribution < 1.29 is 4.52 Å². The summed E-state index contributed by atoms with van der Waals surface area (Å²) in [6.45, 7) is 2.84. The van der Waals surface area contributed by atoms with Crippen LogP contribution in [0.25, 0.3) is 11.5 Å². The van der Waals surface area contributed by atoms with Crippen molar-refractivity contribution in [3.63, 3.8) is 0 Å². The number of nitrogens with zero attached hydrogens (tertiary/aromatic N) is 3. The van der Waals surface area contributed by atoms with Gasteiger partial charge in [-0.3, -0.25) is 0 Å².